The third kappa shape index (κ3) is 5.19. The van der Waals surface area contributed by atoms with Gasteiger partial charge in [0.2, 0.25) is 0 Å². The lowest BCUT2D eigenvalue weighted by Gasteiger charge is -2.10. The highest BCUT2D eigenvalue weighted by molar-refractivity contribution is 9.10. The van der Waals surface area contributed by atoms with Gasteiger partial charge in [-0.25, -0.2) is 0 Å². The quantitative estimate of drug-likeness (QED) is 0.461. The lowest BCUT2D eigenvalue weighted by molar-refractivity contribution is 0.186. The van der Waals surface area contributed by atoms with Crippen molar-refractivity contribution in [3.8, 4) is 0 Å². The molecule has 1 aromatic carbocycles. The summed E-state index contributed by atoms with van der Waals surface area (Å²) >= 11 is 5.18. The van der Waals surface area contributed by atoms with Gasteiger partial charge >= 0.3 is 0 Å². The predicted octanol–water partition coefficient (Wildman–Crippen LogP) is 4.26. The van der Waals surface area contributed by atoms with Crippen LogP contribution in [-0.2, 0) is 0 Å². The van der Waals surface area contributed by atoms with Crippen LogP contribution in [0.3, 0.4) is 0 Å². The minimum Gasteiger partial charge on any atom is -0.392 e. The Balaban J connectivity index is 2.28. The molecule has 1 aromatic rings. The summed E-state index contributed by atoms with van der Waals surface area (Å²) < 4.78 is 1.10. The third-order valence-electron chi connectivity index (χ3n) is 2.21. The second-order valence-corrected chi connectivity index (χ2v) is 5.53. The molecule has 1 unspecified atom stereocenters. The average molecular weight is 301 g/mol. The Morgan fingerprint density at radius 3 is 2.88 bits per heavy atom. The molecule has 0 aliphatic heterocycles. The first kappa shape index (κ1) is 13.8. The molecule has 3 heteroatoms. The van der Waals surface area contributed by atoms with E-state index in [-0.39, 0.29) is 6.10 Å². The van der Waals surface area contributed by atoms with E-state index >= 15 is 0 Å². The summed E-state index contributed by atoms with van der Waals surface area (Å²) in [7, 11) is 0. The summed E-state index contributed by atoms with van der Waals surface area (Å²) in [4.78, 5) is 1.19. The van der Waals surface area contributed by atoms with Crippen LogP contribution in [-0.4, -0.2) is 17.0 Å². The van der Waals surface area contributed by atoms with Crippen molar-refractivity contribution < 1.29 is 5.11 Å². The summed E-state index contributed by atoms with van der Waals surface area (Å²) in [5.41, 5.74) is 0. The number of hydrogen-bond acceptors (Lipinski definition) is 2. The van der Waals surface area contributed by atoms with Gasteiger partial charge in [-0.15, -0.1) is 18.3 Å². The molecule has 16 heavy (non-hydrogen) atoms. The molecule has 0 saturated heterocycles. The smallest absolute Gasteiger partial charge is 0.0634 e. The minimum atomic E-state index is -0.225. The SMILES string of the molecule is C=CCCCC(O)CSc1ccccc1Br. The summed E-state index contributed by atoms with van der Waals surface area (Å²) in [6.45, 7) is 3.67. The standard InChI is InChI=1S/C13H17BrOS/c1-2-3-4-7-11(15)10-16-13-9-6-5-8-12(13)14/h2,5-6,8-9,11,15H,1,3-4,7,10H2. The molecule has 0 bridgehead atoms. The van der Waals surface area contributed by atoms with E-state index in [4.69, 9.17) is 0 Å². The van der Waals surface area contributed by atoms with Gasteiger partial charge < -0.3 is 5.11 Å². The fraction of sp³-hybridized carbons (Fsp3) is 0.385. The molecular formula is C13H17BrOS. The highest BCUT2D eigenvalue weighted by Gasteiger charge is 2.06. The maximum atomic E-state index is 9.76. The molecule has 1 nitrogen and oxygen atoms in total. The molecule has 0 radical (unpaired) electrons. The predicted molar refractivity (Wildman–Crippen MR) is 74.9 cm³/mol. The number of hydrogen-bond donors (Lipinski definition) is 1. The zero-order valence-corrected chi connectivity index (χ0v) is 11.6. The van der Waals surface area contributed by atoms with E-state index in [0.717, 1.165) is 29.5 Å². The van der Waals surface area contributed by atoms with Crippen molar-refractivity contribution in [2.24, 2.45) is 0 Å². The van der Waals surface area contributed by atoms with Crippen molar-refractivity contribution >= 4 is 27.7 Å². The molecule has 1 N–H and O–H groups in total. The van der Waals surface area contributed by atoms with Gasteiger partial charge in [-0.1, -0.05) is 18.2 Å². The van der Waals surface area contributed by atoms with Crippen molar-refractivity contribution in [2.45, 2.75) is 30.3 Å². The second kappa shape index (κ2) is 7.93. The largest absolute Gasteiger partial charge is 0.392 e. The van der Waals surface area contributed by atoms with Gasteiger partial charge in [-0.05, 0) is 47.3 Å². The molecule has 0 saturated carbocycles. The molecule has 0 spiro atoms. The Morgan fingerprint density at radius 2 is 2.19 bits per heavy atom. The number of allylic oxidation sites excluding steroid dienone is 1. The van der Waals surface area contributed by atoms with Crippen LogP contribution in [0, 0.1) is 0 Å². The van der Waals surface area contributed by atoms with E-state index in [1.165, 1.54) is 4.90 Å². The number of rotatable bonds is 7. The fourth-order valence-corrected chi connectivity index (χ4v) is 2.88. The number of thioether (sulfide) groups is 1. The van der Waals surface area contributed by atoms with Crippen LogP contribution < -0.4 is 0 Å². The van der Waals surface area contributed by atoms with E-state index in [0.29, 0.717) is 0 Å². The number of halogens is 1. The van der Waals surface area contributed by atoms with Crippen LogP contribution in [0.15, 0.2) is 46.3 Å². The van der Waals surface area contributed by atoms with Crippen LogP contribution in [0.1, 0.15) is 19.3 Å². The summed E-state index contributed by atoms with van der Waals surface area (Å²) in [5, 5.41) is 9.76. The normalized spacial score (nSPS) is 12.4. The van der Waals surface area contributed by atoms with Crippen LogP contribution in [0.4, 0.5) is 0 Å². The molecule has 0 amide bonds. The summed E-state index contributed by atoms with van der Waals surface area (Å²) in [6.07, 6.45) is 4.52. The van der Waals surface area contributed by atoms with Crippen molar-refractivity contribution in [1.82, 2.24) is 0 Å². The molecule has 0 aliphatic rings. The van der Waals surface area contributed by atoms with Gasteiger partial charge in [0.05, 0.1) is 6.10 Å². The van der Waals surface area contributed by atoms with Gasteiger partial charge in [-0.2, -0.15) is 0 Å². The second-order valence-electron chi connectivity index (χ2n) is 3.61. The molecule has 1 atom stereocenters. The topological polar surface area (TPSA) is 20.2 Å². The Bertz CT molecular complexity index is 327. The highest BCUT2D eigenvalue weighted by Crippen LogP contribution is 2.27. The van der Waals surface area contributed by atoms with Crippen LogP contribution in [0.25, 0.3) is 0 Å². The molecular weight excluding hydrogens is 284 g/mol. The van der Waals surface area contributed by atoms with E-state index in [1.807, 2.05) is 24.3 Å². The van der Waals surface area contributed by atoms with E-state index in [2.05, 4.69) is 28.6 Å². The Morgan fingerprint density at radius 1 is 1.44 bits per heavy atom. The number of aliphatic hydroxyl groups is 1. The Kier molecular flexibility index (Phi) is 6.85. The third-order valence-corrected chi connectivity index (χ3v) is 4.39. The maximum absolute atomic E-state index is 9.76. The average Bonchev–Trinajstić information content (AvgIpc) is 2.28. The lowest BCUT2D eigenvalue weighted by Crippen LogP contribution is -2.09. The minimum absolute atomic E-state index is 0.225. The van der Waals surface area contributed by atoms with Crippen molar-refractivity contribution in [1.29, 1.82) is 0 Å². The Labute approximate surface area is 110 Å². The molecule has 88 valence electrons. The van der Waals surface area contributed by atoms with Gasteiger partial charge in [-0.3, -0.25) is 0 Å². The van der Waals surface area contributed by atoms with Crippen molar-refractivity contribution in [2.75, 3.05) is 5.75 Å². The number of aliphatic hydroxyl groups excluding tert-OH is 1. The zero-order chi connectivity index (χ0) is 11.8. The Hall–Kier alpha value is -0.250. The molecule has 0 aliphatic carbocycles. The van der Waals surface area contributed by atoms with Gasteiger partial charge in [0.15, 0.2) is 0 Å². The summed E-state index contributed by atoms with van der Waals surface area (Å²) in [5.74, 6) is 0.750. The van der Waals surface area contributed by atoms with E-state index in [9.17, 15) is 5.11 Å². The van der Waals surface area contributed by atoms with E-state index < -0.39 is 0 Å². The molecule has 0 fully saturated rings. The lowest BCUT2D eigenvalue weighted by atomic mass is 10.2. The van der Waals surface area contributed by atoms with Crippen LogP contribution in [0.5, 0.6) is 0 Å². The van der Waals surface area contributed by atoms with Gasteiger partial charge in [0.25, 0.3) is 0 Å². The number of benzene rings is 1. The first-order valence-corrected chi connectivity index (χ1v) is 7.18. The van der Waals surface area contributed by atoms with E-state index in [1.54, 1.807) is 11.8 Å². The van der Waals surface area contributed by atoms with Gasteiger partial charge in [0.1, 0.15) is 0 Å². The highest BCUT2D eigenvalue weighted by atomic mass is 79.9. The van der Waals surface area contributed by atoms with Gasteiger partial charge in [0, 0.05) is 15.1 Å². The molecule has 0 aromatic heterocycles. The monoisotopic (exact) mass is 300 g/mol. The zero-order valence-electron chi connectivity index (χ0n) is 9.23. The maximum Gasteiger partial charge on any atom is 0.0634 e. The van der Waals surface area contributed by atoms with Crippen molar-refractivity contribution in [3.05, 3.63) is 41.4 Å². The van der Waals surface area contributed by atoms with Crippen LogP contribution >= 0.6 is 27.7 Å². The fourth-order valence-electron chi connectivity index (χ4n) is 1.33. The first-order valence-electron chi connectivity index (χ1n) is 5.40. The molecule has 0 heterocycles. The number of unbranched alkanes of at least 4 members (excludes halogenated alkanes) is 1. The van der Waals surface area contributed by atoms with Crippen molar-refractivity contribution in [3.63, 3.8) is 0 Å². The van der Waals surface area contributed by atoms with Crippen LogP contribution in [0.2, 0.25) is 0 Å². The summed E-state index contributed by atoms with van der Waals surface area (Å²) in [6, 6.07) is 8.09. The molecule has 1 rings (SSSR count). The first-order chi connectivity index (χ1) is 7.74.